The molecule has 0 aliphatic carbocycles. The molecule has 0 aromatic heterocycles. The minimum Gasteiger partial charge on any atom is -0.481 e. The zero-order chi connectivity index (χ0) is 13.8. The van der Waals surface area contributed by atoms with Gasteiger partial charge in [-0.25, -0.2) is 0 Å². The van der Waals surface area contributed by atoms with Gasteiger partial charge in [0.05, 0.1) is 6.42 Å². The lowest BCUT2D eigenvalue weighted by atomic mass is 9.88. The molecule has 1 saturated heterocycles. The zero-order valence-electron chi connectivity index (χ0n) is 11.8. The number of nitrogens with zero attached hydrogens (tertiary/aromatic N) is 1. The molecule has 3 heteroatoms. The lowest BCUT2D eigenvalue weighted by molar-refractivity contribution is -0.136. The number of carboxylic acid groups (broad SMARTS) is 1. The van der Waals surface area contributed by atoms with Crippen molar-refractivity contribution in [1.29, 1.82) is 0 Å². The molecular weight excluding hydrogens is 238 g/mol. The van der Waals surface area contributed by atoms with Gasteiger partial charge in [0.2, 0.25) is 0 Å². The predicted molar refractivity (Wildman–Crippen MR) is 76.0 cm³/mol. The summed E-state index contributed by atoms with van der Waals surface area (Å²) < 4.78 is 0. The third kappa shape index (κ3) is 4.06. The largest absolute Gasteiger partial charge is 0.481 e. The lowest BCUT2D eigenvalue weighted by Crippen LogP contribution is -2.37. The van der Waals surface area contributed by atoms with E-state index >= 15 is 0 Å². The second-order valence-corrected chi connectivity index (χ2v) is 5.87. The highest BCUT2D eigenvalue weighted by Crippen LogP contribution is 2.23. The van der Waals surface area contributed by atoms with Crippen molar-refractivity contribution < 1.29 is 9.90 Å². The highest BCUT2D eigenvalue weighted by molar-refractivity contribution is 5.70. The summed E-state index contributed by atoms with van der Waals surface area (Å²) in [6.07, 6.45) is 1.39. The Balaban J connectivity index is 1.91. The molecule has 0 bridgehead atoms. The van der Waals surface area contributed by atoms with Crippen molar-refractivity contribution in [3.63, 3.8) is 0 Å². The average Bonchev–Trinajstić information content (AvgIpc) is 2.36. The molecule has 1 aliphatic rings. The molecule has 1 heterocycles. The minimum atomic E-state index is -0.772. The monoisotopic (exact) mass is 261 g/mol. The van der Waals surface area contributed by atoms with Crippen LogP contribution in [0.15, 0.2) is 24.3 Å². The van der Waals surface area contributed by atoms with Crippen LogP contribution < -0.4 is 0 Å². The van der Waals surface area contributed by atoms with Gasteiger partial charge in [0.1, 0.15) is 0 Å². The Hall–Kier alpha value is -1.35. The first-order chi connectivity index (χ1) is 9.04. The van der Waals surface area contributed by atoms with Crippen LogP contribution in [0.5, 0.6) is 0 Å². The Bertz CT molecular complexity index is 427. The van der Waals surface area contributed by atoms with Gasteiger partial charge in [0.15, 0.2) is 0 Å². The molecule has 1 aromatic carbocycles. The molecule has 0 spiro atoms. The molecule has 1 aliphatic heterocycles. The van der Waals surface area contributed by atoms with Gasteiger partial charge in [-0.3, -0.25) is 9.69 Å². The van der Waals surface area contributed by atoms with Crippen molar-refractivity contribution in [3.8, 4) is 0 Å². The summed E-state index contributed by atoms with van der Waals surface area (Å²) >= 11 is 0. The van der Waals surface area contributed by atoms with Gasteiger partial charge in [-0.2, -0.15) is 0 Å². The number of rotatable bonds is 4. The summed E-state index contributed by atoms with van der Waals surface area (Å²) in [5.74, 6) is 0.820. The standard InChI is InChI=1S/C16H23NO2/c1-12-7-8-17(10-13(12)2)11-15-5-3-14(4-6-15)9-16(18)19/h3-6,12-13H,7-11H2,1-2H3,(H,18,19). The van der Waals surface area contributed by atoms with E-state index in [0.717, 1.165) is 30.5 Å². The number of piperidine rings is 1. The molecule has 0 radical (unpaired) electrons. The molecule has 1 aromatic rings. The SMILES string of the molecule is CC1CCN(Cc2ccc(CC(=O)O)cc2)CC1C. The van der Waals surface area contributed by atoms with E-state index < -0.39 is 5.97 Å². The maximum Gasteiger partial charge on any atom is 0.307 e. The van der Waals surface area contributed by atoms with Crippen LogP contribution in [0.1, 0.15) is 31.4 Å². The molecule has 2 atom stereocenters. The quantitative estimate of drug-likeness (QED) is 0.906. The average molecular weight is 261 g/mol. The number of aliphatic carboxylic acids is 1. The van der Waals surface area contributed by atoms with Crippen LogP contribution in [0.3, 0.4) is 0 Å². The van der Waals surface area contributed by atoms with Crippen LogP contribution >= 0.6 is 0 Å². The van der Waals surface area contributed by atoms with Gasteiger partial charge in [0, 0.05) is 13.1 Å². The third-order valence-corrected chi connectivity index (χ3v) is 4.20. The fraction of sp³-hybridized carbons (Fsp3) is 0.562. The van der Waals surface area contributed by atoms with Crippen LogP contribution in [0, 0.1) is 11.8 Å². The first kappa shape index (κ1) is 14.1. The minimum absolute atomic E-state index is 0.110. The topological polar surface area (TPSA) is 40.5 Å². The van der Waals surface area contributed by atoms with Crippen LogP contribution in [-0.4, -0.2) is 29.1 Å². The van der Waals surface area contributed by atoms with E-state index in [4.69, 9.17) is 5.11 Å². The van der Waals surface area contributed by atoms with E-state index in [2.05, 4.69) is 30.9 Å². The van der Waals surface area contributed by atoms with Crippen LogP contribution in [0.2, 0.25) is 0 Å². The Morgan fingerprint density at radius 2 is 1.84 bits per heavy atom. The molecule has 3 nitrogen and oxygen atoms in total. The molecule has 1 fully saturated rings. The number of hydrogen-bond acceptors (Lipinski definition) is 2. The molecule has 2 unspecified atom stereocenters. The summed E-state index contributed by atoms with van der Waals surface area (Å²) in [5.41, 5.74) is 2.15. The van der Waals surface area contributed by atoms with Crippen molar-refractivity contribution >= 4 is 5.97 Å². The fourth-order valence-corrected chi connectivity index (χ4v) is 2.69. The van der Waals surface area contributed by atoms with E-state index in [9.17, 15) is 4.79 Å². The number of benzene rings is 1. The van der Waals surface area contributed by atoms with Crippen molar-refractivity contribution in [1.82, 2.24) is 4.90 Å². The number of hydrogen-bond donors (Lipinski definition) is 1. The Morgan fingerprint density at radius 1 is 1.21 bits per heavy atom. The summed E-state index contributed by atoms with van der Waals surface area (Å²) in [6.45, 7) is 7.97. The normalized spacial score (nSPS) is 24.3. The molecular formula is C16H23NO2. The van der Waals surface area contributed by atoms with Gasteiger partial charge in [0.25, 0.3) is 0 Å². The van der Waals surface area contributed by atoms with Gasteiger partial charge < -0.3 is 5.11 Å². The molecule has 1 N–H and O–H groups in total. The number of carboxylic acids is 1. The molecule has 104 valence electrons. The Kier molecular flexibility index (Phi) is 4.59. The lowest BCUT2D eigenvalue weighted by Gasteiger charge is -2.35. The molecule has 19 heavy (non-hydrogen) atoms. The summed E-state index contributed by atoms with van der Waals surface area (Å²) in [6, 6.07) is 7.97. The second kappa shape index (κ2) is 6.20. The zero-order valence-corrected chi connectivity index (χ0v) is 11.8. The Labute approximate surface area is 115 Å². The number of likely N-dealkylation sites (tertiary alicyclic amines) is 1. The van der Waals surface area contributed by atoms with Gasteiger partial charge in [-0.05, 0) is 35.9 Å². The highest BCUT2D eigenvalue weighted by atomic mass is 16.4. The Morgan fingerprint density at radius 3 is 2.42 bits per heavy atom. The second-order valence-electron chi connectivity index (χ2n) is 5.87. The van der Waals surface area contributed by atoms with Crippen molar-refractivity contribution in [2.24, 2.45) is 11.8 Å². The maximum absolute atomic E-state index is 10.6. The van der Waals surface area contributed by atoms with E-state index in [1.807, 2.05) is 12.1 Å². The van der Waals surface area contributed by atoms with E-state index in [-0.39, 0.29) is 6.42 Å². The molecule has 0 saturated carbocycles. The van der Waals surface area contributed by atoms with Gasteiger partial charge >= 0.3 is 5.97 Å². The summed E-state index contributed by atoms with van der Waals surface area (Å²) in [4.78, 5) is 13.1. The summed E-state index contributed by atoms with van der Waals surface area (Å²) in [7, 11) is 0. The van der Waals surface area contributed by atoms with Crippen LogP contribution in [-0.2, 0) is 17.8 Å². The molecule has 0 amide bonds. The molecule has 2 rings (SSSR count). The first-order valence-electron chi connectivity index (χ1n) is 7.06. The smallest absolute Gasteiger partial charge is 0.307 e. The maximum atomic E-state index is 10.6. The van der Waals surface area contributed by atoms with Crippen molar-refractivity contribution in [2.45, 2.75) is 33.2 Å². The first-order valence-corrected chi connectivity index (χ1v) is 7.06. The van der Waals surface area contributed by atoms with E-state index in [0.29, 0.717) is 0 Å². The van der Waals surface area contributed by atoms with Gasteiger partial charge in [-0.15, -0.1) is 0 Å². The third-order valence-electron chi connectivity index (χ3n) is 4.20. The van der Waals surface area contributed by atoms with Gasteiger partial charge in [-0.1, -0.05) is 38.1 Å². The predicted octanol–water partition coefficient (Wildman–Crippen LogP) is 2.79. The fourth-order valence-electron chi connectivity index (χ4n) is 2.69. The van der Waals surface area contributed by atoms with Crippen molar-refractivity contribution in [2.75, 3.05) is 13.1 Å². The van der Waals surface area contributed by atoms with E-state index in [1.54, 1.807) is 0 Å². The van der Waals surface area contributed by atoms with Crippen LogP contribution in [0.25, 0.3) is 0 Å². The van der Waals surface area contributed by atoms with Crippen molar-refractivity contribution in [3.05, 3.63) is 35.4 Å². The number of carbonyl (C=O) groups is 1. The highest BCUT2D eigenvalue weighted by Gasteiger charge is 2.22. The summed E-state index contributed by atoms with van der Waals surface area (Å²) in [5, 5.41) is 8.74. The van der Waals surface area contributed by atoms with E-state index in [1.165, 1.54) is 18.5 Å². The van der Waals surface area contributed by atoms with Crippen LogP contribution in [0.4, 0.5) is 0 Å².